The van der Waals surface area contributed by atoms with Crippen LogP contribution in [-0.4, -0.2) is 72.5 Å². The molecule has 2 N–H and O–H groups in total. The summed E-state index contributed by atoms with van der Waals surface area (Å²) >= 11 is 0. The zero-order chi connectivity index (χ0) is 26.3. The van der Waals surface area contributed by atoms with Gasteiger partial charge in [-0.2, -0.15) is 0 Å². The fourth-order valence-corrected chi connectivity index (χ4v) is 3.90. The molecule has 1 aromatic rings. The first kappa shape index (κ1) is 29.5. The van der Waals surface area contributed by atoms with Crippen LogP contribution in [0.5, 0.6) is 0 Å². The number of allylic oxidation sites excluding steroid dienone is 2. The van der Waals surface area contributed by atoms with Crippen molar-refractivity contribution in [3.8, 4) is 0 Å². The van der Waals surface area contributed by atoms with E-state index in [9.17, 15) is 14.7 Å². The van der Waals surface area contributed by atoms with Crippen molar-refractivity contribution in [1.29, 1.82) is 0 Å². The second-order valence-corrected chi connectivity index (χ2v) is 9.25. The molecular weight excluding hydrogens is 462 g/mol. The number of methoxy groups -OCH3 is 1. The molecule has 3 atom stereocenters. The van der Waals surface area contributed by atoms with Gasteiger partial charge in [-0.3, -0.25) is 9.59 Å². The summed E-state index contributed by atoms with van der Waals surface area (Å²) < 4.78 is 15.5. The molecular formula is C27H41N3O6. The number of ether oxygens (including phenoxy) is 2. The molecule has 0 aromatic carbocycles. The maximum atomic E-state index is 12.5. The number of aliphatic hydroxyl groups excluding tert-OH is 1. The van der Waals surface area contributed by atoms with E-state index in [2.05, 4.69) is 17.2 Å². The summed E-state index contributed by atoms with van der Waals surface area (Å²) in [7, 11) is 1.56. The lowest BCUT2D eigenvalue weighted by molar-refractivity contribution is -0.116. The summed E-state index contributed by atoms with van der Waals surface area (Å²) in [6.07, 6.45) is 13.4. The number of aryl methyl sites for hydroxylation is 1. The first-order chi connectivity index (χ1) is 17.3. The highest BCUT2D eigenvalue weighted by Gasteiger charge is 2.27. The average Bonchev–Trinajstić information content (AvgIpc) is 3.49. The van der Waals surface area contributed by atoms with E-state index in [1.165, 1.54) is 12.3 Å². The zero-order valence-electron chi connectivity index (χ0n) is 21.9. The summed E-state index contributed by atoms with van der Waals surface area (Å²) in [6.45, 7) is 7.78. The Morgan fingerprint density at radius 2 is 2.19 bits per heavy atom. The van der Waals surface area contributed by atoms with Gasteiger partial charge < -0.3 is 29.2 Å². The van der Waals surface area contributed by atoms with Gasteiger partial charge in [-0.05, 0) is 51.5 Å². The number of carbonyl (C=O) groups is 2. The molecule has 9 nitrogen and oxygen atoms in total. The molecule has 2 rings (SSSR count). The van der Waals surface area contributed by atoms with E-state index in [0.29, 0.717) is 44.0 Å². The highest BCUT2D eigenvalue weighted by Crippen LogP contribution is 2.19. The van der Waals surface area contributed by atoms with E-state index >= 15 is 0 Å². The van der Waals surface area contributed by atoms with Crippen LogP contribution in [0.4, 0.5) is 0 Å². The lowest BCUT2D eigenvalue weighted by Gasteiger charge is -2.19. The highest BCUT2D eigenvalue weighted by molar-refractivity contribution is 5.92. The Morgan fingerprint density at radius 1 is 1.39 bits per heavy atom. The van der Waals surface area contributed by atoms with Gasteiger partial charge in [0.25, 0.3) is 5.91 Å². The van der Waals surface area contributed by atoms with Gasteiger partial charge in [0.05, 0.1) is 12.7 Å². The Bertz CT molecular complexity index is 907. The zero-order valence-corrected chi connectivity index (χ0v) is 21.9. The number of aliphatic hydroxyl groups is 1. The van der Waals surface area contributed by atoms with Crippen LogP contribution in [0, 0.1) is 5.92 Å². The van der Waals surface area contributed by atoms with Crippen LogP contribution in [0.2, 0.25) is 0 Å². The summed E-state index contributed by atoms with van der Waals surface area (Å²) in [5, 5.41) is 13.1. The van der Waals surface area contributed by atoms with Crippen molar-refractivity contribution in [3.63, 3.8) is 0 Å². The number of likely N-dealkylation sites (tertiary alicyclic amines) is 1. The largest absolute Gasteiger partial charge is 0.448 e. The minimum absolute atomic E-state index is 0.0744. The molecule has 0 aliphatic carbocycles. The Hall–Kier alpha value is -2.75. The molecule has 0 spiro atoms. The van der Waals surface area contributed by atoms with E-state index in [-0.39, 0.29) is 30.6 Å². The fourth-order valence-electron chi connectivity index (χ4n) is 3.90. The number of amides is 2. The minimum Gasteiger partial charge on any atom is -0.448 e. The first-order valence-electron chi connectivity index (χ1n) is 12.6. The third kappa shape index (κ3) is 10.9. The van der Waals surface area contributed by atoms with Gasteiger partial charge in [-0.15, -0.1) is 0 Å². The van der Waals surface area contributed by atoms with Gasteiger partial charge in [0.1, 0.15) is 13.1 Å². The van der Waals surface area contributed by atoms with Crippen LogP contribution < -0.4 is 5.32 Å². The normalized spacial score (nSPS) is 18.3. The number of hydrogen-bond donors (Lipinski definition) is 2. The van der Waals surface area contributed by atoms with E-state index < -0.39 is 6.10 Å². The molecule has 2 unspecified atom stereocenters. The topological polar surface area (TPSA) is 114 Å². The lowest BCUT2D eigenvalue weighted by Crippen LogP contribution is -2.33. The fraction of sp³-hybridized carbons (Fsp3) is 0.593. The van der Waals surface area contributed by atoms with Crippen molar-refractivity contribution in [1.82, 2.24) is 15.2 Å². The maximum absolute atomic E-state index is 12.5. The van der Waals surface area contributed by atoms with Gasteiger partial charge >= 0.3 is 0 Å². The summed E-state index contributed by atoms with van der Waals surface area (Å²) in [6, 6.07) is 0.241. The Balaban J connectivity index is 1.64. The second kappa shape index (κ2) is 16.1. The summed E-state index contributed by atoms with van der Waals surface area (Å²) in [4.78, 5) is 30.6. The van der Waals surface area contributed by atoms with Crippen molar-refractivity contribution in [3.05, 3.63) is 53.8 Å². The molecule has 200 valence electrons. The molecule has 36 heavy (non-hydrogen) atoms. The predicted octanol–water partition coefficient (Wildman–Crippen LogP) is 3.41. The second-order valence-electron chi connectivity index (χ2n) is 9.25. The van der Waals surface area contributed by atoms with Gasteiger partial charge in [0.15, 0.2) is 11.6 Å². The van der Waals surface area contributed by atoms with E-state index in [1.807, 2.05) is 30.9 Å². The maximum Gasteiger partial charge on any atom is 0.276 e. The van der Waals surface area contributed by atoms with Crippen molar-refractivity contribution in [2.45, 2.75) is 65.0 Å². The third-order valence-electron chi connectivity index (χ3n) is 5.86. The number of carbonyl (C=O) groups excluding carboxylic acids is 2. The van der Waals surface area contributed by atoms with Crippen molar-refractivity contribution >= 4 is 11.8 Å². The lowest BCUT2D eigenvalue weighted by atomic mass is 10.1. The van der Waals surface area contributed by atoms with Crippen LogP contribution in [0.3, 0.4) is 0 Å². The van der Waals surface area contributed by atoms with Crippen molar-refractivity contribution in [2.75, 3.05) is 33.6 Å². The van der Waals surface area contributed by atoms with Gasteiger partial charge in [-0.25, -0.2) is 4.98 Å². The monoisotopic (exact) mass is 503 g/mol. The molecule has 2 heterocycles. The van der Waals surface area contributed by atoms with Crippen molar-refractivity contribution < 1.29 is 28.6 Å². The first-order valence-corrected chi connectivity index (χ1v) is 12.6. The number of aromatic nitrogens is 1. The van der Waals surface area contributed by atoms with E-state index in [0.717, 1.165) is 25.0 Å². The molecule has 0 bridgehead atoms. The molecule has 0 radical (unpaired) electrons. The average molecular weight is 504 g/mol. The van der Waals surface area contributed by atoms with Crippen LogP contribution >= 0.6 is 0 Å². The van der Waals surface area contributed by atoms with E-state index in [1.54, 1.807) is 19.3 Å². The molecule has 0 saturated carbocycles. The summed E-state index contributed by atoms with van der Waals surface area (Å²) in [5.74, 6) is 0.376. The minimum atomic E-state index is -0.601. The van der Waals surface area contributed by atoms with E-state index in [4.69, 9.17) is 13.9 Å². The van der Waals surface area contributed by atoms with Crippen molar-refractivity contribution in [2.24, 2.45) is 5.92 Å². The molecule has 1 aliphatic heterocycles. The highest BCUT2D eigenvalue weighted by atomic mass is 16.7. The third-order valence-corrected chi connectivity index (χ3v) is 5.86. The van der Waals surface area contributed by atoms with Gasteiger partial charge in [0, 0.05) is 32.7 Å². The number of rotatable bonds is 15. The molecule has 1 saturated heterocycles. The SMILES string of the molecule is COCOCC(C)/C=C/C(=O)NC/C=C/C(C)=C/C(O)CCCc1nc(C(=O)N2CCC[C@@H]2C)co1. The Labute approximate surface area is 214 Å². The summed E-state index contributed by atoms with van der Waals surface area (Å²) in [5.41, 5.74) is 1.26. The molecule has 2 amide bonds. The predicted molar refractivity (Wildman–Crippen MR) is 137 cm³/mol. The standard InChI is InChI=1S/C27H41N3O6/c1-20(8-6-14-28-25(32)13-12-21(2)17-35-19-34-4)16-23(31)10-5-11-26-29-24(18-36-26)27(33)30-15-7-9-22(30)3/h6,8,12-13,16,18,21-23,31H,5,7,9-11,14-15,17,19H2,1-4H3,(H,28,32)/b8-6+,13-12+,20-16+/t21?,22-,23?/m0/s1. The van der Waals surface area contributed by atoms with Gasteiger partial charge in [-0.1, -0.05) is 36.8 Å². The number of nitrogens with one attached hydrogen (secondary N) is 1. The van der Waals surface area contributed by atoms with Crippen LogP contribution in [0.1, 0.15) is 62.8 Å². The molecule has 1 fully saturated rings. The smallest absolute Gasteiger partial charge is 0.276 e. The molecule has 1 aliphatic rings. The van der Waals surface area contributed by atoms with Gasteiger partial charge in [0.2, 0.25) is 5.91 Å². The number of oxazole rings is 1. The van der Waals surface area contributed by atoms with Crippen LogP contribution in [0.25, 0.3) is 0 Å². The Kier molecular flexibility index (Phi) is 13.2. The number of nitrogens with zero attached hydrogens (tertiary/aromatic N) is 2. The number of hydrogen-bond acceptors (Lipinski definition) is 7. The Morgan fingerprint density at radius 3 is 2.92 bits per heavy atom. The quantitative estimate of drug-likeness (QED) is 0.163. The van der Waals surface area contributed by atoms with Crippen LogP contribution in [-0.2, 0) is 20.7 Å². The molecule has 9 heteroatoms. The molecule has 1 aromatic heterocycles. The van der Waals surface area contributed by atoms with Crippen LogP contribution in [0.15, 0.2) is 46.6 Å².